The topological polar surface area (TPSA) is 59.4 Å². The summed E-state index contributed by atoms with van der Waals surface area (Å²) in [6.07, 6.45) is 7.28. The minimum Gasteiger partial charge on any atom is -0.497 e. The largest absolute Gasteiger partial charge is 0.497 e. The van der Waals surface area contributed by atoms with Gasteiger partial charge in [-0.25, -0.2) is 0 Å². The summed E-state index contributed by atoms with van der Waals surface area (Å²) in [5.74, 6) is 0.973. The number of nitrogens with one attached hydrogen (secondary N) is 1. The Morgan fingerprint density at radius 3 is 2.86 bits per heavy atom. The first-order valence-corrected chi connectivity index (χ1v) is 11.0. The number of benzene rings is 1. The number of amides is 1. The van der Waals surface area contributed by atoms with Crippen LogP contribution in [0.1, 0.15) is 60.8 Å². The Balaban J connectivity index is 1.57. The molecule has 2 aromatic rings. The second-order valence-corrected chi connectivity index (χ2v) is 8.17. The molecule has 0 saturated carbocycles. The zero-order valence-corrected chi connectivity index (χ0v) is 17.6. The molecule has 1 amide bonds. The monoisotopic (exact) mass is 396 g/mol. The fraction of sp³-hybridized carbons (Fsp3) is 0.565. The molecular weight excluding hydrogens is 364 g/mol. The molecule has 156 valence electrons. The van der Waals surface area contributed by atoms with Crippen molar-refractivity contribution in [2.75, 3.05) is 25.5 Å². The van der Waals surface area contributed by atoms with Gasteiger partial charge < -0.3 is 15.0 Å². The van der Waals surface area contributed by atoms with Crippen molar-refractivity contribution in [2.45, 2.75) is 64.5 Å². The highest BCUT2D eigenvalue weighted by Crippen LogP contribution is 2.29. The van der Waals surface area contributed by atoms with Crippen LogP contribution in [0.3, 0.4) is 0 Å². The van der Waals surface area contributed by atoms with Gasteiger partial charge >= 0.3 is 0 Å². The standard InChI is InChI=1S/C23H32N4O2/c1-3-12-27-21-11-10-18(24-17-8-7-9-19(15-17)29-2)16-20(21)22(25-27)23(28)26-13-5-4-6-14-26/h7-9,15,18,24H,3-6,10-14,16H2,1-2H3. The van der Waals surface area contributed by atoms with Gasteiger partial charge in [-0.05, 0) is 57.1 Å². The zero-order valence-electron chi connectivity index (χ0n) is 17.6. The summed E-state index contributed by atoms with van der Waals surface area (Å²) >= 11 is 0. The molecule has 4 rings (SSSR count). The first-order valence-electron chi connectivity index (χ1n) is 11.0. The number of aromatic nitrogens is 2. The van der Waals surface area contributed by atoms with E-state index in [-0.39, 0.29) is 5.91 Å². The third kappa shape index (κ3) is 4.26. The highest BCUT2D eigenvalue weighted by Gasteiger charge is 2.31. The van der Waals surface area contributed by atoms with Crippen molar-refractivity contribution < 1.29 is 9.53 Å². The molecular formula is C23H32N4O2. The number of likely N-dealkylation sites (tertiary alicyclic amines) is 1. The minimum absolute atomic E-state index is 0.123. The molecule has 1 aromatic carbocycles. The minimum atomic E-state index is 0.123. The summed E-state index contributed by atoms with van der Waals surface area (Å²) in [7, 11) is 1.69. The van der Waals surface area contributed by atoms with Gasteiger partial charge in [0.15, 0.2) is 5.69 Å². The molecule has 1 unspecified atom stereocenters. The Morgan fingerprint density at radius 2 is 2.10 bits per heavy atom. The molecule has 1 aliphatic carbocycles. The second kappa shape index (κ2) is 8.89. The normalized spacial score (nSPS) is 19.0. The summed E-state index contributed by atoms with van der Waals surface area (Å²) in [5.41, 5.74) is 4.16. The number of fused-ring (bicyclic) bond motifs is 1. The smallest absolute Gasteiger partial charge is 0.274 e. The molecule has 2 heterocycles. The summed E-state index contributed by atoms with van der Waals surface area (Å²) < 4.78 is 7.44. The van der Waals surface area contributed by atoms with E-state index in [0.717, 1.165) is 75.2 Å². The number of nitrogens with zero attached hydrogens (tertiary/aromatic N) is 3. The molecule has 1 aliphatic heterocycles. The number of methoxy groups -OCH3 is 1. The first-order chi connectivity index (χ1) is 14.2. The summed E-state index contributed by atoms with van der Waals surface area (Å²) in [4.78, 5) is 15.3. The van der Waals surface area contributed by atoms with Crippen LogP contribution >= 0.6 is 0 Å². The molecule has 1 N–H and O–H groups in total. The van der Waals surface area contributed by atoms with Crippen molar-refractivity contribution in [1.82, 2.24) is 14.7 Å². The van der Waals surface area contributed by atoms with E-state index in [2.05, 4.69) is 23.0 Å². The summed E-state index contributed by atoms with van der Waals surface area (Å²) in [6, 6.07) is 8.34. The molecule has 1 saturated heterocycles. The number of carbonyl (C=O) groups is 1. The van der Waals surface area contributed by atoms with Gasteiger partial charge in [-0.3, -0.25) is 9.48 Å². The van der Waals surface area contributed by atoms with Crippen molar-refractivity contribution in [2.24, 2.45) is 0 Å². The summed E-state index contributed by atoms with van der Waals surface area (Å²) in [5, 5.41) is 8.44. The Bertz CT molecular complexity index is 855. The van der Waals surface area contributed by atoms with Gasteiger partial charge in [0.25, 0.3) is 5.91 Å². The van der Waals surface area contributed by atoms with Crippen LogP contribution in [0.2, 0.25) is 0 Å². The molecule has 6 nitrogen and oxygen atoms in total. The maximum Gasteiger partial charge on any atom is 0.274 e. The van der Waals surface area contributed by atoms with Crippen LogP contribution in [0.25, 0.3) is 0 Å². The summed E-state index contributed by atoms with van der Waals surface area (Å²) in [6.45, 7) is 4.76. The van der Waals surface area contributed by atoms with Gasteiger partial charge in [0.1, 0.15) is 5.75 Å². The number of aryl methyl sites for hydroxylation is 1. The Hall–Kier alpha value is -2.50. The fourth-order valence-corrected chi connectivity index (χ4v) is 4.57. The van der Waals surface area contributed by atoms with E-state index in [0.29, 0.717) is 11.7 Å². The molecule has 1 atom stereocenters. The third-order valence-electron chi connectivity index (χ3n) is 6.07. The molecule has 0 bridgehead atoms. The highest BCUT2D eigenvalue weighted by atomic mass is 16.5. The van der Waals surface area contributed by atoms with Gasteiger partial charge in [-0.15, -0.1) is 0 Å². The molecule has 1 aromatic heterocycles. The number of piperidine rings is 1. The lowest BCUT2D eigenvalue weighted by atomic mass is 9.90. The first kappa shape index (κ1) is 19.8. The Morgan fingerprint density at radius 1 is 1.28 bits per heavy atom. The van der Waals surface area contributed by atoms with Gasteiger partial charge in [-0.1, -0.05) is 13.0 Å². The quantitative estimate of drug-likeness (QED) is 0.805. The second-order valence-electron chi connectivity index (χ2n) is 8.17. The van der Waals surface area contributed by atoms with Crippen LogP contribution in [-0.2, 0) is 19.4 Å². The predicted molar refractivity (Wildman–Crippen MR) is 115 cm³/mol. The van der Waals surface area contributed by atoms with E-state index in [4.69, 9.17) is 9.84 Å². The van der Waals surface area contributed by atoms with Crippen molar-refractivity contribution in [3.8, 4) is 5.75 Å². The molecule has 0 radical (unpaired) electrons. The third-order valence-corrected chi connectivity index (χ3v) is 6.07. The van der Waals surface area contributed by atoms with E-state index in [1.807, 2.05) is 23.1 Å². The molecule has 29 heavy (non-hydrogen) atoms. The Labute approximate surface area is 173 Å². The maximum absolute atomic E-state index is 13.3. The lowest BCUT2D eigenvalue weighted by molar-refractivity contribution is 0.0716. The van der Waals surface area contributed by atoms with E-state index in [9.17, 15) is 4.79 Å². The van der Waals surface area contributed by atoms with Crippen LogP contribution in [0.15, 0.2) is 24.3 Å². The molecule has 1 fully saturated rings. The van der Waals surface area contributed by atoms with Gasteiger partial charge in [0.2, 0.25) is 0 Å². The molecule has 0 spiro atoms. The van der Waals surface area contributed by atoms with Crippen LogP contribution < -0.4 is 10.1 Å². The number of hydrogen-bond donors (Lipinski definition) is 1. The average Bonchev–Trinajstić information content (AvgIpc) is 3.12. The maximum atomic E-state index is 13.3. The zero-order chi connectivity index (χ0) is 20.2. The SMILES string of the molecule is CCCn1nc(C(=O)N2CCCCC2)c2c1CCC(Nc1cccc(OC)c1)C2. The van der Waals surface area contributed by atoms with Crippen molar-refractivity contribution in [3.63, 3.8) is 0 Å². The van der Waals surface area contributed by atoms with Crippen LogP contribution in [-0.4, -0.2) is 46.8 Å². The number of rotatable bonds is 6. The lowest BCUT2D eigenvalue weighted by Gasteiger charge is -2.28. The van der Waals surface area contributed by atoms with Gasteiger partial charge in [0, 0.05) is 48.7 Å². The van der Waals surface area contributed by atoms with Crippen molar-refractivity contribution >= 4 is 11.6 Å². The number of anilines is 1. The number of ether oxygens (including phenoxy) is 1. The van der Waals surface area contributed by atoms with Crippen LogP contribution in [0, 0.1) is 0 Å². The fourth-order valence-electron chi connectivity index (χ4n) is 4.57. The Kier molecular flexibility index (Phi) is 6.07. The van der Waals surface area contributed by atoms with Crippen LogP contribution in [0.5, 0.6) is 5.75 Å². The van der Waals surface area contributed by atoms with E-state index < -0.39 is 0 Å². The van der Waals surface area contributed by atoms with Crippen molar-refractivity contribution in [3.05, 3.63) is 41.2 Å². The van der Waals surface area contributed by atoms with E-state index >= 15 is 0 Å². The van der Waals surface area contributed by atoms with E-state index in [1.165, 1.54) is 12.1 Å². The lowest BCUT2D eigenvalue weighted by Crippen LogP contribution is -2.37. The van der Waals surface area contributed by atoms with Gasteiger partial charge in [0.05, 0.1) is 7.11 Å². The van der Waals surface area contributed by atoms with E-state index in [1.54, 1.807) is 7.11 Å². The molecule has 2 aliphatic rings. The number of carbonyl (C=O) groups excluding carboxylic acids is 1. The highest BCUT2D eigenvalue weighted by molar-refractivity contribution is 5.94. The van der Waals surface area contributed by atoms with Crippen molar-refractivity contribution in [1.29, 1.82) is 0 Å². The number of hydrogen-bond acceptors (Lipinski definition) is 4. The predicted octanol–water partition coefficient (Wildman–Crippen LogP) is 3.90. The molecule has 6 heteroatoms. The van der Waals surface area contributed by atoms with Crippen LogP contribution in [0.4, 0.5) is 5.69 Å². The average molecular weight is 397 g/mol. The van der Waals surface area contributed by atoms with Gasteiger partial charge in [-0.2, -0.15) is 5.10 Å².